The van der Waals surface area contributed by atoms with Gasteiger partial charge in [0.25, 0.3) is 17.9 Å². The van der Waals surface area contributed by atoms with Crippen LogP contribution in [0.2, 0.25) is 0 Å². The number of amides is 2. The number of hydroxylamine groups is 2. The number of carbonyl (C=O) groups is 3. The number of nitrogens with zero attached hydrogens (tertiary/aromatic N) is 4. The number of carbonyl (C=O) groups excluding carboxylic acids is 2. The molecule has 3 heterocycles. The molecule has 1 saturated heterocycles. The zero-order chi connectivity index (χ0) is 32.9. The molecule has 2 aromatic heterocycles. The Kier molecular flexibility index (Phi) is 10.0. The van der Waals surface area contributed by atoms with E-state index < -0.39 is 58.2 Å². The summed E-state index contributed by atoms with van der Waals surface area (Å²) >= 11 is 0.956. The fraction of sp³-hybridized carbons (Fsp3) is 0.360. The topological polar surface area (TPSA) is 271 Å². The van der Waals surface area contributed by atoms with Crippen molar-refractivity contribution in [2.24, 2.45) is 10.9 Å². The van der Waals surface area contributed by atoms with E-state index >= 15 is 0 Å². The summed E-state index contributed by atoms with van der Waals surface area (Å²) in [5.41, 5.74) is 9.83. The Hall–Kier alpha value is -4.63. The molecule has 4 rings (SSSR count). The van der Waals surface area contributed by atoms with Crippen LogP contribution in [0.15, 0.2) is 40.9 Å². The molecule has 1 fully saturated rings. The highest BCUT2D eigenvalue weighted by atomic mass is 32.3. The highest BCUT2D eigenvalue weighted by molar-refractivity contribution is 7.80. The van der Waals surface area contributed by atoms with E-state index in [4.69, 9.17) is 25.6 Å². The average Bonchev–Trinajstić information content (AvgIpc) is 3.41. The maximum atomic E-state index is 13.2. The van der Waals surface area contributed by atoms with E-state index in [1.54, 1.807) is 24.3 Å². The number of oxime groups is 1. The molecule has 0 spiro atoms. The number of nitrogens with one attached hydrogen (secondary N) is 2. The van der Waals surface area contributed by atoms with Crippen LogP contribution in [0.3, 0.4) is 0 Å². The van der Waals surface area contributed by atoms with Gasteiger partial charge in [-0.15, -0.1) is 15.6 Å². The van der Waals surface area contributed by atoms with Crippen molar-refractivity contribution in [2.75, 3.05) is 30.7 Å². The molecule has 0 aliphatic carbocycles. The second kappa shape index (κ2) is 13.6. The number of fused-ring (bicyclic) bond motifs is 1. The predicted octanol–water partition coefficient (Wildman–Crippen LogP) is 0.127. The van der Waals surface area contributed by atoms with Crippen molar-refractivity contribution in [1.29, 1.82) is 0 Å². The number of benzene rings is 1. The number of nitrogen functional groups attached to an aromatic ring is 1. The number of carboxylic acid groups (broad SMARTS) is 1. The standard InChI is InChI=1S/C25H30N8O10S2/c1-25(2)20(22(35)33(25)43-45(38,39)40)31-21(34)19(16-12-44-24(27)30-16)32-42-17(23(36)37)11-41-14-5-6-15-13(10-14)4-7-18(29-15)28-9-3-8-26/h4-7,10,12,17,20H,3,8-9,11,26H2,1-2H3,(H2,27,30)(H,28,29)(H,31,34)(H,36,37)(H,38,39,40)/b32-19-/t17-,20+/m0/s1. The van der Waals surface area contributed by atoms with Gasteiger partial charge < -0.3 is 36.8 Å². The third-order valence-corrected chi connectivity index (χ3v) is 7.41. The molecule has 242 valence electrons. The molecule has 1 aliphatic rings. The molecule has 3 aromatic rings. The summed E-state index contributed by atoms with van der Waals surface area (Å²) in [6.45, 7) is 3.44. The molecule has 0 bridgehead atoms. The van der Waals surface area contributed by atoms with Gasteiger partial charge in [-0.1, -0.05) is 5.16 Å². The average molecular weight is 667 g/mol. The van der Waals surface area contributed by atoms with Crippen molar-refractivity contribution < 1.29 is 46.3 Å². The molecular formula is C25H30N8O10S2. The lowest BCUT2D eigenvalue weighted by Gasteiger charge is -2.50. The van der Waals surface area contributed by atoms with E-state index in [-0.39, 0.29) is 10.8 Å². The number of aromatic nitrogens is 2. The number of aliphatic carboxylic acids is 1. The lowest BCUT2D eigenvalue weighted by molar-refractivity contribution is -0.218. The van der Waals surface area contributed by atoms with Crippen LogP contribution >= 0.6 is 11.3 Å². The molecule has 0 saturated carbocycles. The van der Waals surface area contributed by atoms with Crippen molar-refractivity contribution in [1.82, 2.24) is 20.3 Å². The van der Waals surface area contributed by atoms with Crippen LogP contribution in [-0.2, 0) is 33.9 Å². The Morgan fingerprint density at radius 3 is 2.62 bits per heavy atom. The van der Waals surface area contributed by atoms with E-state index in [9.17, 15) is 27.9 Å². The molecule has 1 aromatic carbocycles. The van der Waals surface area contributed by atoms with Gasteiger partial charge in [-0.25, -0.2) is 14.8 Å². The summed E-state index contributed by atoms with van der Waals surface area (Å²) in [4.78, 5) is 51.3. The third-order valence-electron chi connectivity index (χ3n) is 6.40. The highest BCUT2D eigenvalue weighted by Crippen LogP contribution is 2.33. The fourth-order valence-electron chi connectivity index (χ4n) is 4.07. The van der Waals surface area contributed by atoms with E-state index in [2.05, 4.69) is 30.0 Å². The SMILES string of the molecule is CC1(C)[C@H](NC(=O)/C(=N\O[C@@H](COc2ccc3nc(NCCCN)ccc3c2)C(=O)O)c2csc(N)n2)C(=O)N1OS(=O)(=O)O. The first-order valence-corrected chi connectivity index (χ1v) is 15.4. The molecule has 18 nitrogen and oxygen atoms in total. The number of thiazole rings is 1. The number of hydrogen-bond acceptors (Lipinski definition) is 15. The molecule has 1 aliphatic heterocycles. The first-order chi connectivity index (χ1) is 21.2. The molecule has 45 heavy (non-hydrogen) atoms. The van der Waals surface area contributed by atoms with E-state index in [0.29, 0.717) is 35.2 Å². The van der Waals surface area contributed by atoms with Gasteiger partial charge in [0.05, 0.1) is 11.1 Å². The van der Waals surface area contributed by atoms with E-state index in [1.165, 1.54) is 19.2 Å². The Morgan fingerprint density at radius 1 is 1.24 bits per heavy atom. The van der Waals surface area contributed by atoms with Gasteiger partial charge in [0, 0.05) is 17.3 Å². The maximum Gasteiger partial charge on any atom is 0.418 e. The van der Waals surface area contributed by atoms with Crippen LogP contribution < -0.4 is 26.8 Å². The van der Waals surface area contributed by atoms with Crippen molar-refractivity contribution in [3.8, 4) is 5.75 Å². The molecule has 2 amide bonds. The van der Waals surface area contributed by atoms with Gasteiger partial charge >= 0.3 is 16.4 Å². The summed E-state index contributed by atoms with van der Waals surface area (Å²) in [6, 6.07) is 7.25. The smallest absolute Gasteiger partial charge is 0.418 e. The zero-order valence-electron chi connectivity index (χ0n) is 23.9. The van der Waals surface area contributed by atoms with Crippen molar-refractivity contribution in [3.63, 3.8) is 0 Å². The summed E-state index contributed by atoms with van der Waals surface area (Å²) in [5.74, 6) is -2.48. The van der Waals surface area contributed by atoms with Crippen LogP contribution in [0.1, 0.15) is 26.0 Å². The number of anilines is 2. The Bertz CT molecular complexity index is 1730. The second-order valence-electron chi connectivity index (χ2n) is 10.1. The first-order valence-electron chi connectivity index (χ1n) is 13.2. The van der Waals surface area contributed by atoms with Gasteiger partial charge in [-0.2, -0.15) is 13.5 Å². The summed E-state index contributed by atoms with van der Waals surface area (Å²) < 4.78 is 41.0. The largest absolute Gasteiger partial charge is 0.489 e. The number of carboxylic acids is 1. The molecule has 2 atom stereocenters. The van der Waals surface area contributed by atoms with Crippen LogP contribution in [0, 0.1) is 0 Å². The maximum absolute atomic E-state index is 13.2. The molecule has 0 unspecified atom stereocenters. The predicted molar refractivity (Wildman–Crippen MR) is 160 cm³/mol. The number of pyridine rings is 1. The number of nitrogens with two attached hydrogens (primary N) is 2. The quantitative estimate of drug-likeness (QED) is 0.0413. The van der Waals surface area contributed by atoms with Gasteiger partial charge in [0.1, 0.15) is 29.9 Å². The van der Waals surface area contributed by atoms with Crippen LogP contribution in [0.25, 0.3) is 10.9 Å². The summed E-state index contributed by atoms with van der Waals surface area (Å²) in [5, 5.41) is 21.5. The minimum absolute atomic E-state index is 0.0562. The van der Waals surface area contributed by atoms with Gasteiger partial charge in [0.15, 0.2) is 10.8 Å². The Morgan fingerprint density at radius 2 is 2.00 bits per heavy atom. The van der Waals surface area contributed by atoms with Crippen LogP contribution in [0.5, 0.6) is 5.75 Å². The number of β-lactam (4-membered cyclic amide) rings is 1. The van der Waals surface area contributed by atoms with Gasteiger partial charge in [-0.05, 0) is 57.1 Å². The van der Waals surface area contributed by atoms with Crippen molar-refractivity contribution >= 4 is 67.1 Å². The normalized spacial score (nSPS) is 17.0. The Balaban J connectivity index is 1.46. The summed E-state index contributed by atoms with van der Waals surface area (Å²) in [7, 11) is -5.02. The Labute approximate surface area is 260 Å². The molecule has 0 radical (unpaired) electrons. The van der Waals surface area contributed by atoms with Crippen molar-refractivity contribution in [2.45, 2.75) is 38.0 Å². The molecule has 8 N–H and O–H groups in total. The van der Waals surface area contributed by atoms with Crippen LogP contribution in [0.4, 0.5) is 10.9 Å². The molecular weight excluding hydrogens is 636 g/mol. The zero-order valence-corrected chi connectivity index (χ0v) is 25.5. The minimum atomic E-state index is -5.02. The van der Waals surface area contributed by atoms with Gasteiger partial charge in [0.2, 0.25) is 0 Å². The number of hydrogen-bond donors (Lipinski definition) is 6. The van der Waals surface area contributed by atoms with Gasteiger partial charge in [-0.3, -0.25) is 14.1 Å². The number of ether oxygens (including phenoxy) is 1. The second-order valence-corrected chi connectivity index (χ2v) is 12.0. The fourth-order valence-corrected chi connectivity index (χ4v) is 5.07. The minimum Gasteiger partial charge on any atom is -0.489 e. The lowest BCUT2D eigenvalue weighted by Crippen LogP contribution is -2.76. The lowest BCUT2D eigenvalue weighted by atomic mass is 9.84. The monoisotopic (exact) mass is 666 g/mol. The van der Waals surface area contributed by atoms with Crippen molar-refractivity contribution in [3.05, 3.63) is 41.4 Å². The molecule has 20 heteroatoms. The summed E-state index contributed by atoms with van der Waals surface area (Å²) in [6.07, 6.45) is -0.897. The third kappa shape index (κ3) is 8.10. The highest BCUT2D eigenvalue weighted by Gasteiger charge is 2.58. The number of rotatable bonds is 15. The first kappa shape index (κ1) is 33.3. The van der Waals surface area contributed by atoms with E-state index in [1.807, 2.05) is 6.07 Å². The van der Waals surface area contributed by atoms with Crippen LogP contribution in [-0.4, -0.2) is 94.0 Å². The van der Waals surface area contributed by atoms with E-state index in [0.717, 1.165) is 23.1 Å².